The van der Waals surface area contributed by atoms with Gasteiger partial charge in [0.05, 0.1) is 6.20 Å². The molecule has 18 heavy (non-hydrogen) atoms. The number of likely N-dealkylation sites (N-methyl/N-ethyl adjacent to an activating group) is 1. The SMILES string of the molecule is CCNC(Cc1cnccc1N)c1cnn(C)c1. The molecule has 0 radical (unpaired) electrons. The molecule has 96 valence electrons. The van der Waals surface area contributed by atoms with Crippen molar-refractivity contribution < 1.29 is 0 Å². The third-order valence-corrected chi connectivity index (χ3v) is 2.94. The summed E-state index contributed by atoms with van der Waals surface area (Å²) in [6, 6.07) is 2.05. The molecule has 0 amide bonds. The number of rotatable bonds is 5. The van der Waals surface area contributed by atoms with E-state index in [0.29, 0.717) is 0 Å². The summed E-state index contributed by atoms with van der Waals surface area (Å²) in [6.45, 7) is 3.00. The Morgan fingerprint density at radius 2 is 2.28 bits per heavy atom. The van der Waals surface area contributed by atoms with Gasteiger partial charge in [-0.05, 0) is 24.6 Å². The average molecular weight is 245 g/mol. The van der Waals surface area contributed by atoms with E-state index in [1.807, 2.05) is 36.4 Å². The van der Waals surface area contributed by atoms with Crippen LogP contribution in [0.3, 0.4) is 0 Å². The van der Waals surface area contributed by atoms with Gasteiger partial charge in [0.15, 0.2) is 0 Å². The van der Waals surface area contributed by atoms with Crippen LogP contribution in [-0.2, 0) is 13.5 Å². The highest BCUT2D eigenvalue weighted by molar-refractivity contribution is 5.45. The number of hydrogen-bond acceptors (Lipinski definition) is 4. The van der Waals surface area contributed by atoms with Crippen molar-refractivity contribution in [1.82, 2.24) is 20.1 Å². The number of nitrogen functional groups attached to an aromatic ring is 1. The first-order valence-corrected chi connectivity index (χ1v) is 6.11. The van der Waals surface area contributed by atoms with Crippen molar-refractivity contribution in [3.63, 3.8) is 0 Å². The summed E-state index contributed by atoms with van der Waals surface area (Å²) in [5.74, 6) is 0. The highest BCUT2D eigenvalue weighted by Gasteiger charge is 2.14. The summed E-state index contributed by atoms with van der Waals surface area (Å²) in [6.07, 6.45) is 8.28. The maximum Gasteiger partial charge on any atom is 0.0537 e. The molecule has 0 saturated carbocycles. The van der Waals surface area contributed by atoms with E-state index in [-0.39, 0.29) is 6.04 Å². The number of aromatic nitrogens is 3. The molecule has 5 heteroatoms. The van der Waals surface area contributed by atoms with Crippen molar-refractivity contribution in [3.05, 3.63) is 42.0 Å². The molecule has 2 heterocycles. The summed E-state index contributed by atoms with van der Waals surface area (Å²) < 4.78 is 1.81. The normalized spacial score (nSPS) is 12.6. The van der Waals surface area contributed by atoms with Gasteiger partial charge in [-0.1, -0.05) is 6.92 Å². The Bertz CT molecular complexity index is 506. The molecule has 0 aliphatic heterocycles. The zero-order valence-electron chi connectivity index (χ0n) is 10.8. The average Bonchev–Trinajstić information content (AvgIpc) is 2.78. The minimum atomic E-state index is 0.218. The molecule has 1 atom stereocenters. The molecule has 2 rings (SSSR count). The lowest BCUT2D eigenvalue weighted by atomic mass is 10.0. The Hall–Kier alpha value is -1.88. The van der Waals surface area contributed by atoms with Crippen LogP contribution in [0.2, 0.25) is 0 Å². The lowest BCUT2D eigenvalue weighted by Gasteiger charge is -2.17. The van der Waals surface area contributed by atoms with Crippen LogP contribution in [0.15, 0.2) is 30.9 Å². The lowest BCUT2D eigenvalue weighted by molar-refractivity contribution is 0.549. The second-order valence-electron chi connectivity index (χ2n) is 4.34. The van der Waals surface area contributed by atoms with E-state index in [2.05, 4.69) is 22.3 Å². The highest BCUT2D eigenvalue weighted by Crippen LogP contribution is 2.20. The molecule has 0 aliphatic carbocycles. The van der Waals surface area contributed by atoms with Crippen molar-refractivity contribution >= 4 is 5.69 Å². The molecule has 2 aromatic heterocycles. The Morgan fingerprint density at radius 1 is 1.44 bits per heavy atom. The van der Waals surface area contributed by atoms with Crippen LogP contribution in [0, 0.1) is 0 Å². The number of aryl methyl sites for hydroxylation is 1. The lowest BCUT2D eigenvalue weighted by Crippen LogP contribution is -2.23. The van der Waals surface area contributed by atoms with E-state index >= 15 is 0 Å². The van der Waals surface area contributed by atoms with E-state index < -0.39 is 0 Å². The molecule has 0 bridgehead atoms. The summed E-state index contributed by atoms with van der Waals surface area (Å²) in [5.41, 5.74) is 8.98. The largest absolute Gasteiger partial charge is 0.398 e. The van der Waals surface area contributed by atoms with Gasteiger partial charge in [0.2, 0.25) is 0 Å². The number of nitrogens with zero attached hydrogens (tertiary/aromatic N) is 3. The Balaban J connectivity index is 2.19. The van der Waals surface area contributed by atoms with Crippen molar-refractivity contribution in [3.8, 4) is 0 Å². The van der Waals surface area contributed by atoms with Gasteiger partial charge >= 0.3 is 0 Å². The zero-order valence-corrected chi connectivity index (χ0v) is 10.8. The summed E-state index contributed by atoms with van der Waals surface area (Å²) >= 11 is 0. The van der Waals surface area contributed by atoms with Crippen LogP contribution in [-0.4, -0.2) is 21.3 Å². The Morgan fingerprint density at radius 3 is 2.89 bits per heavy atom. The van der Waals surface area contributed by atoms with Gasteiger partial charge in [0.1, 0.15) is 0 Å². The molecular weight excluding hydrogens is 226 g/mol. The van der Waals surface area contributed by atoms with Crippen LogP contribution >= 0.6 is 0 Å². The van der Waals surface area contributed by atoms with E-state index in [1.54, 1.807) is 6.20 Å². The topological polar surface area (TPSA) is 68.8 Å². The summed E-state index contributed by atoms with van der Waals surface area (Å²) in [4.78, 5) is 4.13. The number of nitrogens with one attached hydrogen (secondary N) is 1. The fourth-order valence-electron chi connectivity index (χ4n) is 2.00. The van der Waals surface area contributed by atoms with Gasteiger partial charge in [-0.3, -0.25) is 9.67 Å². The second-order valence-corrected chi connectivity index (χ2v) is 4.34. The molecule has 3 N–H and O–H groups in total. The number of pyridine rings is 1. The Kier molecular flexibility index (Phi) is 3.94. The van der Waals surface area contributed by atoms with Gasteiger partial charge < -0.3 is 11.1 Å². The van der Waals surface area contributed by atoms with E-state index in [1.165, 1.54) is 5.56 Å². The van der Waals surface area contributed by atoms with Crippen LogP contribution in [0.5, 0.6) is 0 Å². The maximum absolute atomic E-state index is 5.96. The van der Waals surface area contributed by atoms with Crippen LogP contribution in [0.1, 0.15) is 24.1 Å². The molecule has 0 saturated heterocycles. The first kappa shape index (κ1) is 12.6. The van der Waals surface area contributed by atoms with Crippen molar-refractivity contribution in [2.75, 3.05) is 12.3 Å². The van der Waals surface area contributed by atoms with E-state index in [9.17, 15) is 0 Å². The van der Waals surface area contributed by atoms with Crippen LogP contribution in [0.25, 0.3) is 0 Å². The van der Waals surface area contributed by atoms with E-state index in [0.717, 1.165) is 24.2 Å². The smallest absolute Gasteiger partial charge is 0.0537 e. The molecular formula is C13H19N5. The number of nitrogens with two attached hydrogens (primary N) is 1. The van der Waals surface area contributed by atoms with Crippen molar-refractivity contribution in [2.24, 2.45) is 7.05 Å². The highest BCUT2D eigenvalue weighted by atomic mass is 15.2. The first-order chi connectivity index (χ1) is 8.70. The van der Waals surface area contributed by atoms with Gasteiger partial charge in [-0.2, -0.15) is 5.10 Å². The van der Waals surface area contributed by atoms with Crippen molar-refractivity contribution in [1.29, 1.82) is 0 Å². The molecule has 5 nitrogen and oxygen atoms in total. The van der Waals surface area contributed by atoms with Gasteiger partial charge in [-0.15, -0.1) is 0 Å². The molecule has 0 aliphatic rings. The van der Waals surface area contributed by atoms with Gasteiger partial charge in [0.25, 0.3) is 0 Å². The fourth-order valence-corrected chi connectivity index (χ4v) is 2.00. The summed E-state index contributed by atoms with van der Waals surface area (Å²) in [7, 11) is 1.92. The minimum absolute atomic E-state index is 0.218. The van der Waals surface area contributed by atoms with Crippen LogP contribution < -0.4 is 11.1 Å². The zero-order chi connectivity index (χ0) is 13.0. The van der Waals surface area contributed by atoms with Crippen LogP contribution in [0.4, 0.5) is 5.69 Å². The Labute approximate surface area is 107 Å². The quantitative estimate of drug-likeness (QED) is 0.833. The third-order valence-electron chi connectivity index (χ3n) is 2.94. The molecule has 0 aromatic carbocycles. The predicted octanol–water partition coefficient (Wildman–Crippen LogP) is 1.29. The molecule has 0 fully saturated rings. The summed E-state index contributed by atoms with van der Waals surface area (Å²) in [5, 5.41) is 7.66. The molecule has 2 aromatic rings. The van der Waals surface area contributed by atoms with Crippen molar-refractivity contribution in [2.45, 2.75) is 19.4 Å². The first-order valence-electron chi connectivity index (χ1n) is 6.11. The number of hydrogen-bond donors (Lipinski definition) is 2. The molecule has 0 spiro atoms. The van der Waals surface area contributed by atoms with E-state index in [4.69, 9.17) is 5.73 Å². The fraction of sp³-hybridized carbons (Fsp3) is 0.385. The predicted molar refractivity (Wildman–Crippen MR) is 72.0 cm³/mol. The molecule has 1 unspecified atom stereocenters. The standard InChI is InChI=1S/C13H19N5/c1-3-16-13(11-8-17-18(2)9-11)6-10-7-15-5-4-12(10)14/h4-5,7-9,13,16H,3,6H2,1-2H3,(H2,14,15). The second kappa shape index (κ2) is 5.64. The third kappa shape index (κ3) is 2.87. The van der Waals surface area contributed by atoms with Gasteiger partial charge in [-0.25, -0.2) is 0 Å². The number of anilines is 1. The van der Waals surface area contributed by atoms with Gasteiger partial charge in [0, 0.05) is 42.9 Å². The maximum atomic E-state index is 5.96. The minimum Gasteiger partial charge on any atom is -0.398 e. The monoisotopic (exact) mass is 245 g/mol.